The fourth-order valence-corrected chi connectivity index (χ4v) is 4.47. The van der Waals surface area contributed by atoms with Gasteiger partial charge in [-0.1, -0.05) is 12.1 Å². The Morgan fingerprint density at radius 2 is 1.67 bits per heavy atom. The number of nitrogens with one attached hydrogen (secondary N) is 1. The molecule has 0 aromatic heterocycles. The highest BCUT2D eigenvalue weighted by atomic mass is 32.2. The summed E-state index contributed by atoms with van der Waals surface area (Å²) >= 11 is 0. The van der Waals surface area contributed by atoms with Crippen LogP contribution in [0.3, 0.4) is 0 Å². The topological polar surface area (TPSA) is 69.7 Å². The number of rotatable bonds is 4. The van der Waals surface area contributed by atoms with Gasteiger partial charge >= 0.3 is 0 Å². The highest BCUT2D eigenvalue weighted by molar-refractivity contribution is 7.89. The molecule has 1 aliphatic rings. The number of aryl methyl sites for hydroxylation is 2. The zero-order chi connectivity index (χ0) is 19.6. The molecule has 0 saturated carbocycles. The summed E-state index contributed by atoms with van der Waals surface area (Å²) in [6.07, 6.45) is 0. The van der Waals surface area contributed by atoms with Crippen LogP contribution < -0.4 is 5.32 Å². The predicted octanol–water partition coefficient (Wildman–Crippen LogP) is 2.49. The highest BCUT2D eigenvalue weighted by Crippen LogP contribution is 2.20. The van der Waals surface area contributed by atoms with Crippen molar-refractivity contribution >= 4 is 21.6 Å². The molecule has 1 N–H and O–H groups in total. The molecule has 1 heterocycles. The number of anilines is 1. The van der Waals surface area contributed by atoms with Crippen molar-refractivity contribution in [1.82, 2.24) is 9.21 Å². The average Bonchev–Trinajstić information content (AvgIpc) is 2.65. The summed E-state index contributed by atoms with van der Waals surface area (Å²) in [5.41, 5.74) is 3.24. The maximum absolute atomic E-state index is 12.9. The Morgan fingerprint density at radius 1 is 0.963 bits per heavy atom. The van der Waals surface area contributed by atoms with Crippen LogP contribution in [0.15, 0.2) is 47.4 Å². The van der Waals surface area contributed by atoms with Gasteiger partial charge in [-0.2, -0.15) is 4.31 Å². The van der Waals surface area contributed by atoms with Crippen LogP contribution in [0.25, 0.3) is 0 Å². The third kappa shape index (κ3) is 4.37. The molecule has 0 spiro atoms. The minimum Gasteiger partial charge on any atom is -0.322 e. The van der Waals surface area contributed by atoms with E-state index >= 15 is 0 Å². The van der Waals surface area contributed by atoms with E-state index in [9.17, 15) is 13.2 Å². The minimum atomic E-state index is -3.60. The van der Waals surface area contributed by atoms with Crippen LogP contribution in [0.1, 0.15) is 21.5 Å². The van der Waals surface area contributed by atoms with Crippen molar-refractivity contribution in [2.24, 2.45) is 0 Å². The van der Waals surface area contributed by atoms with Gasteiger partial charge in [-0.3, -0.25) is 4.79 Å². The largest absolute Gasteiger partial charge is 0.322 e. The molecule has 0 radical (unpaired) electrons. The van der Waals surface area contributed by atoms with Gasteiger partial charge in [-0.05, 0) is 62.4 Å². The lowest BCUT2D eigenvalue weighted by Crippen LogP contribution is -2.47. The summed E-state index contributed by atoms with van der Waals surface area (Å²) in [5, 5.41) is 2.84. The van der Waals surface area contributed by atoms with Crippen molar-refractivity contribution in [2.75, 3.05) is 38.5 Å². The molecular weight excluding hydrogens is 362 g/mol. The third-order valence-electron chi connectivity index (χ3n) is 4.96. The summed E-state index contributed by atoms with van der Waals surface area (Å²) in [6, 6.07) is 11.9. The van der Waals surface area contributed by atoms with E-state index < -0.39 is 10.0 Å². The number of piperazine rings is 1. The molecule has 6 nitrogen and oxygen atoms in total. The van der Waals surface area contributed by atoms with E-state index in [1.807, 2.05) is 39.1 Å². The molecule has 2 aromatic carbocycles. The number of carbonyl (C=O) groups excluding carboxylic acids is 1. The summed E-state index contributed by atoms with van der Waals surface area (Å²) in [5.74, 6) is -0.325. The van der Waals surface area contributed by atoms with E-state index in [4.69, 9.17) is 0 Å². The summed E-state index contributed by atoms with van der Waals surface area (Å²) in [4.78, 5) is 14.8. The van der Waals surface area contributed by atoms with Crippen molar-refractivity contribution in [3.8, 4) is 0 Å². The first kappa shape index (κ1) is 19.5. The van der Waals surface area contributed by atoms with E-state index in [0.717, 1.165) is 11.1 Å². The van der Waals surface area contributed by atoms with E-state index in [1.54, 1.807) is 18.2 Å². The smallest absolute Gasteiger partial charge is 0.255 e. The summed E-state index contributed by atoms with van der Waals surface area (Å²) in [6.45, 7) is 6.30. The predicted molar refractivity (Wildman–Crippen MR) is 107 cm³/mol. The van der Waals surface area contributed by atoms with Gasteiger partial charge in [0, 0.05) is 37.4 Å². The van der Waals surface area contributed by atoms with Gasteiger partial charge in [0.05, 0.1) is 4.90 Å². The molecule has 1 amide bonds. The number of sulfonamides is 1. The van der Waals surface area contributed by atoms with Crippen LogP contribution in [-0.2, 0) is 10.0 Å². The van der Waals surface area contributed by atoms with Crippen molar-refractivity contribution in [3.63, 3.8) is 0 Å². The van der Waals surface area contributed by atoms with Crippen LogP contribution >= 0.6 is 0 Å². The molecule has 144 valence electrons. The molecule has 3 rings (SSSR count). The van der Waals surface area contributed by atoms with Crippen LogP contribution in [0.4, 0.5) is 5.69 Å². The molecule has 27 heavy (non-hydrogen) atoms. The van der Waals surface area contributed by atoms with Gasteiger partial charge in [0.1, 0.15) is 0 Å². The Kier molecular flexibility index (Phi) is 5.64. The van der Waals surface area contributed by atoms with Gasteiger partial charge in [0.2, 0.25) is 10.0 Å². The highest BCUT2D eigenvalue weighted by Gasteiger charge is 2.27. The zero-order valence-electron chi connectivity index (χ0n) is 15.9. The molecule has 1 aliphatic heterocycles. The number of benzene rings is 2. The number of hydrogen-bond acceptors (Lipinski definition) is 4. The van der Waals surface area contributed by atoms with Crippen molar-refractivity contribution < 1.29 is 13.2 Å². The van der Waals surface area contributed by atoms with E-state index in [-0.39, 0.29) is 10.8 Å². The van der Waals surface area contributed by atoms with Gasteiger partial charge in [0.15, 0.2) is 0 Å². The fraction of sp³-hybridized carbons (Fsp3) is 0.350. The lowest BCUT2D eigenvalue weighted by atomic mass is 10.1. The molecule has 1 fully saturated rings. The monoisotopic (exact) mass is 387 g/mol. The second-order valence-corrected chi connectivity index (χ2v) is 8.93. The number of hydrogen-bond donors (Lipinski definition) is 1. The van der Waals surface area contributed by atoms with Crippen LogP contribution in [0, 0.1) is 13.8 Å². The normalized spacial score (nSPS) is 16.3. The Bertz CT molecular complexity index is 949. The maximum atomic E-state index is 12.9. The van der Waals surface area contributed by atoms with Crippen LogP contribution in [-0.4, -0.2) is 56.8 Å². The molecular formula is C20H25N3O3S. The van der Waals surface area contributed by atoms with Gasteiger partial charge in [0.25, 0.3) is 5.91 Å². The molecule has 0 unspecified atom stereocenters. The lowest BCUT2D eigenvalue weighted by molar-refractivity contribution is 0.102. The van der Waals surface area contributed by atoms with Crippen LogP contribution in [0.2, 0.25) is 0 Å². The molecule has 0 aliphatic carbocycles. The fourth-order valence-electron chi connectivity index (χ4n) is 3.00. The molecule has 2 aromatic rings. The first-order valence-corrected chi connectivity index (χ1v) is 10.4. The number of amides is 1. The second kappa shape index (κ2) is 7.80. The number of nitrogens with zero attached hydrogens (tertiary/aromatic N) is 2. The summed E-state index contributed by atoms with van der Waals surface area (Å²) < 4.78 is 27.2. The molecule has 7 heteroatoms. The van der Waals surface area contributed by atoms with Crippen molar-refractivity contribution in [2.45, 2.75) is 18.7 Å². The maximum Gasteiger partial charge on any atom is 0.255 e. The van der Waals surface area contributed by atoms with E-state index in [1.165, 1.54) is 10.4 Å². The second-order valence-electron chi connectivity index (χ2n) is 6.99. The van der Waals surface area contributed by atoms with E-state index in [0.29, 0.717) is 37.4 Å². The van der Waals surface area contributed by atoms with E-state index in [2.05, 4.69) is 10.2 Å². The molecule has 0 atom stereocenters. The van der Waals surface area contributed by atoms with Crippen LogP contribution in [0.5, 0.6) is 0 Å². The van der Waals surface area contributed by atoms with Crippen molar-refractivity contribution in [1.29, 1.82) is 0 Å². The minimum absolute atomic E-state index is 0.153. The van der Waals surface area contributed by atoms with Gasteiger partial charge < -0.3 is 10.2 Å². The Hall–Kier alpha value is -2.22. The zero-order valence-corrected chi connectivity index (χ0v) is 16.7. The van der Waals surface area contributed by atoms with Gasteiger partial charge in [-0.15, -0.1) is 0 Å². The SMILES string of the molecule is Cc1ccc(NC(=O)c2cccc(S(=O)(=O)N3CCN(C)CC3)c2)cc1C. The van der Waals surface area contributed by atoms with Gasteiger partial charge in [-0.25, -0.2) is 8.42 Å². The number of carbonyl (C=O) groups is 1. The lowest BCUT2D eigenvalue weighted by Gasteiger charge is -2.31. The van der Waals surface area contributed by atoms with Crippen molar-refractivity contribution in [3.05, 3.63) is 59.2 Å². The Labute approximate surface area is 160 Å². The quantitative estimate of drug-likeness (QED) is 0.875. The first-order chi connectivity index (χ1) is 12.8. The average molecular weight is 388 g/mol. The number of likely N-dealkylation sites (N-methyl/N-ethyl adjacent to an activating group) is 1. The molecule has 1 saturated heterocycles. The summed E-state index contributed by atoms with van der Waals surface area (Å²) in [7, 11) is -1.63. The third-order valence-corrected chi connectivity index (χ3v) is 6.86. The standard InChI is InChI=1S/C20H25N3O3S/c1-15-7-8-18(13-16(15)2)21-20(24)17-5-4-6-19(14-17)27(25,26)23-11-9-22(3)10-12-23/h4-8,13-14H,9-12H2,1-3H3,(H,21,24). The molecule has 0 bridgehead atoms. The first-order valence-electron chi connectivity index (χ1n) is 8.95. The Balaban J connectivity index is 1.80. The Morgan fingerprint density at radius 3 is 2.33 bits per heavy atom.